The Morgan fingerprint density at radius 3 is 2.43 bits per heavy atom. The molecule has 1 saturated heterocycles. The first-order valence-corrected chi connectivity index (χ1v) is 11.0. The first kappa shape index (κ1) is 20.1. The van der Waals surface area contributed by atoms with Gasteiger partial charge in [-0.3, -0.25) is 4.79 Å². The summed E-state index contributed by atoms with van der Waals surface area (Å²) in [4.78, 5) is 26.4. The van der Waals surface area contributed by atoms with Gasteiger partial charge in [0, 0.05) is 12.1 Å². The zero-order valence-electron chi connectivity index (χ0n) is 15.6. The van der Waals surface area contributed by atoms with E-state index in [4.69, 9.17) is 4.74 Å². The fourth-order valence-corrected chi connectivity index (χ4v) is 5.01. The fourth-order valence-electron chi connectivity index (χ4n) is 3.30. The average molecular weight is 402 g/mol. The SMILES string of the molecule is Cc1ccc(/C=C(\C#N)C(=O)OCC(=O)N(C2CC2)[C@H]2CCS(=O)(=O)C2)cc1. The van der Waals surface area contributed by atoms with Crippen molar-refractivity contribution in [2.75, 3.05) is 18.1 Å². The van der Waals surface area contributed by atoms with Crippen LogP contribution in [0, 0.1) is 18.3 Å². The van der Waals surface area contributed by atoms with Gasteiger partial charge in [-0.2, -0.15) is 5.26 Å². The second kappa shape index (κ2) is 8.15. The summed E-state index contributed by atoms with van der Waals surface area (Å²) in [6, 6.07) is 8.74. The Hall–Kier alpha value is -2.66. The largest absolute Gasteiger partial charge is 0.451 e. The van der Waals surface area contributed by atoms with E-state index < -0.39 is 28.3 Å². The summed E-state index contributed by atoms with van der Waals surface area (Å²) in [5, 5.41) is 9.23. The van der Waals surface area contributed by atoms with E-state index in [0.29, 0.717) is 12.0 Å². The molecule has 2 fully saturated rings. The number of amides is 1. The standard InChI is InChI=1S/C20H22N2O5S/c1-14-2-4-15(5-3-14)10-16(11-21)20(24)27-12-19(23)22(17-6-7-17)18-8-9-28(25,26)13-18/h2-5,10,17-18H,6-9,12-13H2,1H3/b16-10+/t18-/m0/s1. The molecule has 1 saturated carbocycles. The number of nitrogens with zero attached hydrogens (tertiary/aromatic N) is 2. The third-order valence-electron chi connectivity index (χ3n) is 4.89. The first-order valence-electron chi connectivity index (χ1n) is 9.16. The summed E-state index contributed by atoms with van der Waals surface area (Å²) in [7, 11) is -3.12. The van der Waals surface area contributed by atoms with Crippen LogP contribution in [0.4, 0.5) is 0 Å². The number of hydrogen-bond donors (Lipinski definition) is 0. The molecule has 1 aliphatic heterocycles. The second-order valence-corrected chi connectivity index (χ2v) is 9.47. The molecule has 0 radical (unpaired) electrons. The van der Waals surface area contributed by atoms with Crippen LogP contribution in [-0.2, 0) is 24.2 Å². The lowest BCUT2D eigenvalue weighted by Crippen LogP contribution is -2.44. The van der Waals surface area contributed by atoms with E-state index in [1.807, 2.05) is 19.1 Å². The maximum atomic E-state index is 12.6. The molecule has 0 aromatic heterocycles. The van der Waals surface area contributed by atoms with Gasteiger partial charge in [0.2, 0.25) is 0 Å². The molecule has 0 unspecified atom stereocenters. The normalized spacial score (nSPS) is 21.0. The Morgan fingerprint density at radius 2 is 1.89 bits per heavy atom. The number of ether oxygens (including phenoxy) is 1. The van der Waals surface area contributed by atoms with E-state index >= 15 is 0 Å². The molecule has 1 heterocycles. The monoisotopic (exact) mass is 402 g/mol. The van der Waals surface area contributed by atoms with Crippen molar-refractivity contribution in [2.24, 2.45) is 0 Å². The van der Waals surface area contributed by atoms with Crippen molar-refractivity contribution in [3.8, 4) is 6.07 Å². The Kier molecular flexibility index (Phi) is 5.84. The van der Waals surface area contributed by atoms with E-state index in [1.165, 1.54) is 6.08 Å². The Morgan fingerprint density at radius 1 is 1.21 bits per heavy atom. The topological polar surface area (TPSA) is 105 Å². The molecule has 148 valence electrons. The number of hydrogen-bond acceptors (Lipinski definition) is 6. The molecule has 7 nitrogen and oxygen atoms in total. The van der Waals surface area contributed by atoms with Crippen LogP contribution in [0.25, 0.3) is 6.08 Å². The van der Waals surface area contributed by atoms with Crippen LogP contribution in [-0.4, -0.2) is 55.4 Å². The van der Waals surface area contributed by atoms with Gasteiger partial charge in [-0.15, -0.1) is 0 Å². The molecule has 1 aliphatic carbocycles. The van der Waals surface area contributed by atoms with Crippen LogP contribution in [0.1, 0.15) is 30.4 Å². The lowest BCUT2D eigenvalue weighted by Gasteiger charge is -2.28. The van der Waals surface area contributed by atoms with Crippen LogP contribution in [0.15, 0.2) is 29.8 Å². The van der Waals surface area contributed by atoms with Crippen molar-refractivity contribution in [3.63, 3.8) is 0 Å². The predicted octanol–water partition coefficient (Wildman–Crippen LogP) is 1.62. The fraction of sp³-hybridized carbons (Fsp3) is 0.450. The van der Waals surface area contributed by atoms with E-state index in [-0.39, 0.29) is 29.2 Å². The average Bonchev–Trinajstić information content (AvgIpc) is 3.42. The van der Waals surface area contributed by atoms with Crippen molar-refractivity contribution in [1.82, 2.24) is 4.90 Å². The molecule has 0 bridgehead atoms. The van der Waals surface area contributed by atoms with E-state index in [0.717, 1.165) is 18.4 Å². The van der Waals surface area contributed by atoms with Gasteiger partial charge in [0.05, 0.1) is 11.5 Å². The minimum absolute atomic E-state index is 0.0167. The Bertz CT molecular complexity index is 940. The highest BCUT2D eigenvalue weighted by Gasteiger charge is 2.42. The summed E-state index contributed by atoms with van der Waals surface area (Å²) < 4.78 is 28.5. The lowest BCUT2D eigenvalue weighted by atomic mass is 10.1. The van der Waals surface area contributed by atoms with E-state index in [1.54, 1.807) is 23.1 Å². The van der Waals surface area contributed by atoms with Crippen LogP contribution in [0.2, 0.25) is 0 Å². The van der Waals surface area contributed by atoms with Crippen molar-refractivity contribution < 1.29 is 22.7 Å². The van der Waals surface area contributed by atoms with E-state index in [9.17, 15) is 23.3 Å². The predicted molar refractivity (Wildman–Crippen MR) is 103 cm³/mol. The molecule has 1 atom stereocenters. The summed E-state index contributed by atoms with van der Waals surface area (Å²) in [6.07, 6.45) is 3.48. The van der Waals surface area contributed by atoms with Gasteiger partial charge in [-0.25, -0.2) is 13.2 Å². The number of aryl methyl sites for hydroxylation is 1. The van der Waals surface area contributed by atoms with Crippen LogP contribution < -0.4 is 0 Å². The molecule has 3 rings (SSSR count). The third kappa shape index (κ3) is 4.98. The maximum absolute atomic E-state index is 12.6. The number of benzene rings is 1. The highest BCUT2D eigenvalue weighted by molar-refractivity contribution is 7.91. The Labute approximate surface area is 164 Å². The smallest absolute Gasteiger partial charge is 0.349 e. The first-order chi connectivity index (χ1) is 13.3. The third-order valence-corrected chi connectivity index (χ3v) is 6.64. The van der Waals surface area contributed by atoms with Crippen molar-refractivity contribution in [3.05, 3.63) is 41.0 Å². The molecule has 0 spiro atoms. The van der Waals surface area contributed by atoms with Crippen molar-refractivity contribution >= 4 is 27.8 Å². The van der Waals surface area contributed by atoms with Gasteiger partial charge in [0.1, 0.15) is 11.6 Å². The summed E-state index contributed by atoms with van der Waals surface area (Å²) in [5.41, 5.74) is 1.54. The molecule has 1 aromatic carbocycles. The molecule has 1 aromatic rings. The van der Waals surface area contributed by atoms with E-state index in [2.05, 4.69) is 0 Å². The van der Waals surface area contributed by atoms with Crippen LogP contribution in [0.5, 0.6) is 0 Å². The molecular formula is C20H22N2O5S. The molecule has 28 heavy (non-hydrogen) atoms. The quantitative estimate of drug-likeness (QED) is 0.407. The molecule has 2 aliphatic rings. The zero-order valence-corrected chi connectivity index (χ0v) is 16.4. The highest BCUT2D eigenvalue weighted by atomic mass is 32.2. The minimum Gasteiger partial charge on any atom is -0.451 e. The number of carbonyl (C=O) groups is 2. The van der Waals surface area contributed by atoms with Gasteiger partial charge in [-0.05, 0) is 37.8 Å². The van der Waals surface area contributed by atoms with Gasteiger partial charge < -0.3 is 9.64 Å². The Balaban J connectivity index is 1.63. The maximum Gasteiger partial charge on any atom is 0.349 e. The van der Waals surface area contributed by atoms with Crippen molar-refractivity contribution in [1.29, 1.82) is 5.26 Å². The highest BCUT2D eigenvalue weighted by Crippen LogP contribution is 2.32. The number of nitriles is 1. The van der Waals surface area contributed by atoms with Crippen molar-refractivity contribution in [2.45, 2.75) is 38.3 Å². The lowest BCUT2D eigenvalue weighted by molar-refractivity contribution is -0.150. The zero-order chi connectivity index (χ0) is 20.3. The molecular weight excluding hydrogens is 380 g/mol. The number of carbonyl (C=O) groups excluding carboxylic acids is 2. The second-order valence-electron chi connectivity index (χ2n) is 7.25. The molecule has 1 amide bonds. The summed E-state index contributed by atoms with van der Waals surface area (Å²) in [5.74, 6) is -1.25. The van der Waals surface area contributed by atoms with Gasteiger partial charge in [-0.1, -0.05) is 29.8 Å². The number of esters is 1. The van der Waals surface area contributed by atoms with Crippen LogP contribution >= 0.6 is 0 Å². The summed E-state index contributed by atoms with van der Waals surface area (Å²) in [6.45, 7) is 1.43. The van der Waals surface area contributed by atoms with Crippen LogP contribution in [0.3, 0.4) is 0 Å². The minimum atomic E-state index is -3.12. The molecule has 0 N–H and O–H groups in total. The summed E-state index contributed by atoms with van der Waals surface area (Å²) >= 11 is 0. The molecule has 8 heteroatoms. The van der Waals surface area contributed by atoms with Gasteiger partial charge >= 0.3 is 5.97 Å². The van der Waals surface area contributed by atoms with Gasteiger partial charge in [0.15, 0.2) is 16.4 Å². The van der Waals surface area contributed by atoms with Gasteiger partial charge in [0.25, 0.3) is 5.91 Å². The number of sulfone groups is 1. The number of rotatable bonds is 6.